The molecule has 7 heteroatoms. The molecule has 0 spiro atoms. The first-order chi connectivity index (χ1) is 12.7. The van der Waals surface area contributed by atoms with Crippen molar-refractivity contribution in [3.63, 3.8) is 0 Å². The first-order valence-corrected chi connectivity index (χ1v) is 9.18. The van der Waals surface area contributed by atoms with Gasteiger partial charge in [-0.05, 0) is 43.5 Å². The zero-order valence-electron chi connectivity index (χ0n) is 15.1. The van der Waals surface area contributed by atoms with Crippen LogP contribution in [0.5, 0.6) is 5.75 Å². The van der Waals surface area contributed by atoms with E-state index in [0.717, 1.165) is 44.3 Å². The number of hydrogen-bond donors (Lipinski definition) is 1. The molecule has 2 aromatic rings. The van der Waals surface area contributed by atoms with Crippen molar-refractivity contribution in [3.8, 4) is 17.1 Å². The van der Waals surface area contributed by atoms with Gasteiger partial charge in [0.25, 0.3) is 5.91 Å². The Kier molecular flexibility index (Phi) is 6.60. The van der Waals surface area contributed by atoms with E-state index in [0.29, 0.717) is 24.0 Å². The second-order valence-corrected chi connectivity index (χ2v) is 6.37. The Labute approximate surface area is 153 Å². The molecule has 1 aromatic heterocycles. The lowest BCUT2D eigenvalue weighted by atomic mass is 10.2. The molecule has 140 valence electrons. The monoisotopic (exact) mass is 359 g/mol. The summed E-state index contributed by atoms with van der Waals surface area (Å²) in [5.74, 6) is 1.70. The predicted molar refractivity (Wildman–Crippen MR) is 95.8 cm³/mol. The second kappa shape index (κ2) is 9.33. The summed E-state index contributed by atoms with van der Waals surface area (Å²) < 4.78 is 16.2. The van der Waals surface area contributed by atoms with Crippen molar-refractivity contribution in [2.24, 2.45) is 0 Å². The van der Waals surface area contributed by atoms with E-state index in [9.17, 15) is 4.79 Å². The van der Waals surface area contributed by atoms with Gasteiger partial charge in [-0.2, -0.15) is 4.98 Å². The van der Waals surface area contributed by atoms with Crippen molar-refractivity contribution in [2.75, 3.05) is 19.8 Å². The van der Waals surface area contributed by atoms with Crippen LogP contribution in [-0.4, -0.2) is 41.9 Å². The van der Waals surface area contributed by atoms with Gasteiger partial charge in [0.15, 0.2) is 6.61 Å². The first kappa shape index (κ1) is 18.4. The maximum atomic E-state index is 11.8. The fourth-order valence-corrected chi connectivity index (χ4v) is 2.73. The number of nitrogens with one attached hydrogen (secondary N) is 1. The van der Waals surface area contributed by atoms with E-state index < -0.39 is 0 Å². The lowest BCUT2D eigenvalue weighted by molar-refractivity contribution is -0.123. The summed E-state index contributed by atoms with van der Waals surface area (Å²) in [5.41, 5.74) is 0.853. The third kappa shape index (κ3) is 5.29. The number of amides is 1. The molecular weight excluding hydrogens is 334 g/mol. The predicted octanol–water partition coefficient (Wildman–Crippen LogP) is 2.75. The molecule has 0 aliphatic carbocycles. The number of carbonyl (C=O) groups is 1. The van der Waals surface area contributed by atoms with E-state index in [1.165, 1.54) is 0 Å². The molecule has 26 heavy (non-hydrogen) atoms. The third-order valence-electron chi connectivity index (χ3n) is 4.25. The van der Waals surface area contributed by atoms with Crippen LogP contribution in [0.25, 0.3) is 11.4 Å². The zero-order chi connectivity index (χ0) is 18.2. The van der Waals surface area contributed by atoms with Gasteiger partial charge in [0.05, 0.1) is 6.10 Å². The van der Waals surface area contributed by atoms with Crippen molar-refractivity contribution in [3.05, 3.63) is 30.2 Å². The molecule has 1 amide bonds. The maximum absolute atomic E-state index is 11.8. The highest BCUT2D eigenvalue weighted by Crippen LogP contribution is 2.20. The Balaban J connectivity index is 1.45. The van der Waals surface area contributed by atoms with Gasteiger partial charge in [-0.25, -0.2) is 0 Å². The lowest BCUT2D eigenvalue weighted by Crippen LogP contribution is -2.35. The van der Waals surface area contributed by atoms with Crippen molar-refractivity contribution in [1.82, 2.24) is 15.5 Å². The summed E-state index contributed by atoms with van der Waals surface area (Å²) >= 11 is 0. The minimum absolute atomic E-state index is 0.0184. The molecule has 1 saturated heterocycles. The topological polar surface area (TPSA) is 86.5 Å². The van der Waals surface area contributed by atoms with Crippen LogP contribution in [0, 0.1) is 0 Å². The Morgan fingerprint density at radius 2 is 2.19 bits per heavy atom. The number of aromatic nitrogens is 2. The number of hydrogen-bond acceptors (Lipinski definition) is 6. The van der Waals surface area contributed by atoms with Crippen LogP contribution < -0.4 is 10.1 Å². The largest absolute Gasteiger partial charge is 0.484 e. The van der Waals surface area contributed by atoms with E-state index in [1.54, 1.807) is 12.1 Å². The fourth-order valence-electron chi connectivity index (χ4n) is 2.73. The molecule has 2 heterocycles. The molecule has 0 bridgehead atoms. The number of rotatable bonds is 9. The quantitative estimate of drug-likeness (QED) is 0.741. The minimum atomic E-state index is -0.150. The minimum Gasteiger partial charge on any atom is -0.484 e. The van der Waals surface area contributed by atoms with E-state index in [4.69, 9.17) is 14.0 Å². The number of ether oxygens (including phenoxy) is 2. The van der Waals surface area contributed by atoms with Gasteiger partial charge in [0.2, 0.25) is 11.7 Å². The van der Waals surface area contributed by atoms with Gasteiger partial charge in [0.1, 0.15) is 5.75 Å². The Bertz CT molecular complexity index is 693. The molecule has 3 rings (SSSR count). The van der Waals surface area contributed by atoms with Gasteiger partial charge in [0, 0.05) is 25.1 Å². The maximum Gasteiger partial charge on any atom is 0.258 e. The summed E-state index contributed by atoms with van der Waals surface area (Å²) in [6, 6.07) is 7.30. The van der Waals surface area contributed by atoms with Gasteiger partial charge >= 0.3 is 0 Å². The highest BCUT2D eigenvalue weighted by Gasteiger charge is 2.16. The molecule has 1 fully saturated rings. The SMILES string of the molecule is CCCCc1nc(-c2ccc(OCC(=O)NCC3CCCO3)cc2)no1. The summed E-state index contributed by atoms with van der Waals surface area (Å²) in [6.45, 7) is 3.43. The standard InChI is InChI=1S/C19H25N3O4/c1-2-3-6-18-21-19(22-26-18)14-7-9-15(10-8-14)25-13-17(23)20-12-16-5-4-11-24-16/h7-10,16H,2-6,11-13H2,1H3,(H,20,23). The molecule has 1 N–H and O–H groups in total. The molecule has 7 nitrogen and oxygen atoms in total. The van der Waals surface area contributed by atoms with Crippen molar-refractivity contribution in [2.45, 2.75) is 45.1 Å². The molecule has 1 aliphatic heterocycles. The van der Waals surface area contributed by atoms with E-state index in [2.05, 4.69) is 22.4 Å². The molecule has 1 atom stereocenters. The van der Waals surface area contributed by atoms with Crippen LogP contribution >= 0.6 is 0 Å². The number of carbonyl (C=O) groups excluding carboxylic acids is 1. The number of nitrogens with zero attached hydrogens (tertiary/aromatic N) is 2. The first-order valence-electron chi connectivity index (χ1n) is 9.18. The van der Waals surface area contributed by atoms with Gasteiger partial charge in [-0.3, -0.25) is 4.79 Å². The Hall–Kier alpha value is -2.41. The highest BCUT2D eigenvalue weighted by atomic mass is 16.5. The number of unbranched alkanes of at least 4 members (excludes halogenated alkanes) is 1. The molecule has 0 saturated carbocycles. The molecule has 1 unspecified atom stereocenters. The van der Waals surface area contributed by atoms with Crippen LogP contribution in [0.2, 0.25) is 0 Å². The van der Waals surface area contributed by atoms with Crippen LogP contribution in [-0.2, 0) is 16.0 Å². The lowest BCUT2D eigenvalue weighted by Gasteiger charge is -2.11. The second-order valence-electron chi connectivity index (χ2n) is 6.37. The third-order valence-corrected chi connectivity index (χ3v) is 4.25. The van der Waals surface area contributed by atoms with Crippen molar-refractivity contribution in [1.29, 1.82) is 0 Å². The Morgan fingerprint density at radius 3 is 2.92 bits per heavy atom. The summed E-state index contributed by atoms with van der Waals surface area (Å²) in [5, 5.41) is 6.83. The molecular formula is C19H25N3O4. The summed E-state index contributed by atoms with van der Waals surface area (Å²) in [4.78, 5) is 16.2. The summed E-state index contributed by atoms with van der Waals surface area (Å²) in [7, 11) is 0. The van der Waals surface area contributed by atoms with Crippen molar-refractivity contribution < 1.29 is 18.8 Å². The number of aryl methyl sites for hydroxylation is 1. The Morgan fingerprint density at radius 1 is 1.35 bits per heavy atom. The highest BCUT2D eigenvalue weighted by molar-refractivity contribution is 5.77. The number of benzene rings is 1. The summed E-state index contributed by atoms with van der Waals surface area (Å²) in [6.07, 6.45) is 5.11. The van der Waals surface area contributed by atoms with E-state index >= 15 is 0 Å². The van der Waals surface area contributed by atoms with E-state index in [1.807, 2.05) is 12.1 Å². The van der Waals surface area contributed by atoms with Gasteiger partial charge in [-0.1, -0.05) is 18.5 Å². The van der Waals surface area contributed by atoms with Gasteiger partial charge in [-0.15, -0.1) is 0 Å². The smallest absolute Gasteiger partial charge is 0.258 e. The average molecular weight is 359 g/mol. The van der Waals surface area contributed by atoms with Crippen LogP contribution in [0.1, 0.15) is 38.5 Å². The average Bonchev–Trinajstić information content (AvgIpc) is 3.35. The van der Waals surface area contributed by atoms with Crippen LogP contribution in [0.15, 0.2) is 28.8 Å². The fraction of sp³-hybridized carbons (Fsp3) is 0.526. The van der Waals surface area contributed by atoms with Crippen LogP contribution in [0.3, 0.4) is 0 Å². The normalized spacial score (nSPS) is 16.6. The zero-order valence-corrected chi connectivity index (χ0v) is 15.1. The van der Waals surface area contributed by atoms with Crippen molar-refractivity contribution >= 4 is 5.91 Å². The van der Waals surface area contributed by atoms with Gasteiger partial charge < -0.3 is 19.3 Å². The molecule has 1 aromatic carbocycles. The van der Waals surface area contributed by atoms with Crippen LogP contribution in [0.4, 0.5) is 0 Å². The van der Waals surface area contributed by atoms with E-state index in [-0.39, 0.29) is 18.6 Å². The molecule has 1 aliphatic rings. The molecule has 0 radical (unpaired) electrons.